The molecule has 0 aromatic carbocycles. The average molecular weight is 457 g/mol. The fourth-order valence-corrected chi connectivity index (χ4v) is 11.4. The quantitative estimate of drug-likeness (QED) is 0.397. The van der Waals surface area contributed by atoms with Crippen LogP contribution in [0.5, 0.6) is 0 Å². The molecule has 1 heterocycles. The van der Waals surface area contributed by atoms with Crippen LogP contribution >= 0.6 is 0 Å². The van der Waals surface area contributed by atoms with E-state index >= 15 is 0 Å². The van der Waals surface area contributed by atoms with Crippen LogP contribution < -0.4 is 0 Å². The molecule has 0 aromatic heterocycles. The average Bonchev–Trinajstić information content (AvgIpc) is 3.56. The minimum absolute atomic E-state index is 0.0875. The Labute approximate surface area is 201 Å². The first-order chi connectivity index (χ1) is 15.5. The van der Waals surface area contributed by atoms with Crippen molar-refractivity contribution in [2.75, 3.05) is 13.2 Å². The fraction of sp³-hybridized carbons (Fsp3) is 0.933. The lowest BCUT2D eigenvalue weighted by atomic mass is 9.33. The molecular weight excluding hydrogens is 408 g/mol. The van der Waals surface area contributed by atoms with Gasteiger partial charge in [-0.25, -0.2) is 0 Å². The standard InChI is InChI=1S/C30H48O3/c1-18-9-12-30(17-32)14-13-28(5)20(24(30)19(18)2)7-8-23-26(3)15-21-25(33-21)27(4,16-31)22(26)10-11-29(23,28)6/h7,18-19,21-25,31-32H,8-17H2,1-6H3/t18-,19+,21?,22?,23-,24+,25-,26+,27?,28-,29-,30-/m1/s1. The molecule has 1 aliphatic heterocycles. The Balaban J connectivity index is 1.44. The Morgan fingerprint density at radius 2 is 1.70 bits per heavy atom. The zero-order valence-corrected chi connectivity index (χ0v) is 22.0. The summed E-state index contributed by atoms with van der Waals surface area (Å²) in [5.41, 5.74) is 2.47. The fourth-order valence-electron chi connectivity index (χ4n) is 11.4. The van der Waals surface area contributed by atoms with Crippen molar-refractivity contribution in [1.29, 1.82) is 0 Å². The van der Waals surface area contributed by atoms with Crippen LogP contribution in [0.25, 0.3) is 0 Å². The Morgan fingerprint density at radius 3 is 2.39 bits per heavy atom. The Hall–Kier alpha value is -0.380. The van der Waals surface area contributed by atoms with Gasteiger partial charge < -0.3 is 14.9 Å². The maximum Gasteiger partial charge on any atom is 0.0920 e. The summed E-state index contributed by atoms with van der Waals surface area (Å²) >= 11 is 0. The lowest BCUT2D eigenvalue weighted by Gasteiger charge is -2.71. The van der Waals surface area contributed by atoms with Crippen molar-refractivity contribution in [2.45, 2.75) is 105 Å². The van der Waals surface area contributed by atoms with E-state index in [1.165, 1.54) is 51.4 Å². The van der Waals surface area contributed by atoms with Gasteiger partial charge in [0.15, 0.2) is 0 Å². The van der Waals surface area contributed by atoms with Crippen LogP contribution in [0.3, 0.4) is 0 Å². The van der Waals surface area contributed by atoms with Gasteiger partial charge in [-0.3, -0.25) is 0 Å². The van der Waals surface area contributed by atoms with Crippen molar-refractivity contribution in [3.05, 3.63) is 11.6 Å². The molecule has 186 valence electrons. The smallest absolute Gasteiger partial charge is 0.0920 e. The molecule has 12 atom stereocenters. The van der Waals surface area contributed by atoms with Crippen LogP contribution in [-0.4, -0.2) is 35.6 Å². The number of allylic oxidation sites excluding steroid dienone is 2. The zero-order valence-electron chi connectivity index (χ0n) is 22.0. The van der Waals surface area contributed by atoms with Crippen molar-refractivity contribution < 1.29 is 14.9 Å². The van der Waals surface area contributed by atoms with Crippen LogP contribution in [0.4, 0.5) is 0 Å². The number of epoxide rings is 1. The summed E-state index contributed by atoms with van der Waals surface area (Å²) in [6.45, 7) is 15.7. The van der Waals surface area contributed by atoms with E-state index in [-0.39, 0.29) is 39.8 Å². The third kappa shape index (κ3) is 2.58. The summed E-state index contributed by atoms with van der Waals surface area (Å²) in [7, 11) is 0. The van der Waals surface area contributed by atoms with Crippen LogP contribution in [0.2, 0.25) is 0 Å². The van der Waals surface area contributed by atoms with Crippen molar-refractivity contribution in [3.8, 4) is 0 Å². The largest absolute Gasteiger partial charge is 0.396 e. The molecule has 3 heteroatoms. The van der Waals surface area contributed by atoms with Gasteiger partial charge >= 0.3 is 0 Å². The topological polar surface area (TPSA) is 53.0 Å². The first kappa shape index (κ1) is 23.0. The normalized spacial score (nSPS) is 61.6. The molecule has 2 N–H and O–H groups in total. The predicted octanol–water partition coefficient (Wildman–Crippen LogP) is 5.99. The lowest BCUT2D eigenvalue weighted by Crippen LogP contribution is -2.65. The molecule has 33 heavy (non-hydrogen) atoms. The second-order valence-electron chi connectivity index (χ2n) is 14.6. The van der Waals surface area contributed by atoms with Gasteiger partial charge in [-0.1, -0.05) is 53.2 Å². The molecule has 1 saturated heterocycles. The van der Waals surface area contributed by atoms with Gasteiger partial charge in [-0.05, 0) is 97.2 Å². The molecule has 6 aliphatic rings. The lowest BCUT2D eigenvalue weighted by molar-refractivity contribution is -0.186. The highest BCUT2D eigenvalue weighted by Crippen LogP contribution is 2.76. The van der Waals surface area contributed by atoms with Crippen LogP contribution in [0, 0.1) is 56.7 Å². The summed E-state index contributed by atoms with van der Waals surface area (Å²) in [6.07, 6.45) is 13.0. The van der Waals surface area contributed by atoms with Gasteiger partial charge in [0.2, 0.25) is 0 Å². The number of rotatable bonds is 2. The van der Waals surface area contributed by atoms with Crippen molar-refractivity contribution in [2.24, 2.45) is 56.7 Å². The van der Waals surface area contributed by atoms with E-state index < -0.39 is 0 Å². The summed E-state index contributed by atoms with van der Waals surface area (Å²) in [5, 5.41) is 21.2. The molecular formula is C30H48O3. The van der Waals surface area contributed by atoms with E-state index in [0.29, 0.717) is 36.4 Å². The number of aliphatic hydroxyl groups is 2. The summed E-state index contributed by atoms with van der Waals surface area (Å²) in [4.78, 5) is 0. The highest BCUT2D eigenvalue weighted by Gasteiger charge is 2.73. The molecule has 5 aliphatic carbocycles. The van der Waals surface area contributed by atoms with E-state index in [9.17, 15) is 10.2 Å². The number of aliphatic hydroxyl groups excluding tert-OH is 2. The second kappa shape index (κ2) is 6.88. The molecule has 3 nitrogen and oxygen atoms in total. The number of fused-ring (bicyclic) bond motifs is 8. The second-order valence-corrected chi connectivity index (χ2v) is 14.6. The molecule has 0 spiro atoms. The number of hydrogen-bond acceptors (Lipinski definition) is 3. The van der Waals surface area contributed by atoms with Crippen LogP contribution in [0.15, 0.2) is 11.6 Å². The van der Waals surface area contributed by atoms with E-state index in [1.54, 1.807) is 5.57 Å². The first-order valence-electron chi connectivity index (χ1n) is 14.1. The highest BCUT2D eigenvalue weighted by molar-refractivity contribution is 5.34. The number of hydrogen-bond donors (Lipinski definition) is 2. The molecule has 6 rings (SSSR count). The molecule has 5 fully saturated rings. The van der Waals surface area contributed by atoms with Crippen molar-refractivity contribution in [1.82, 2.24) is 0 Å². The summed E-state index contributed by atoms with van der Waals surface area (Å²) in [5.74, 6) is 3.12. The van der Waals surface area contributed by atoms with Gasteiger partial charge in [0.1, 0.15) is 0 Å². The Bertz CT molecular complexity index is 867. The zero-order chi connectivity index (χ0) is 23.6. The van der Waals surface area contributed by atoms with Crippen LogP contribution in [-0.2, 0) is 4.74 Å². The van der Waals surface area contributed by atoms with Crippen molar-refractivity contribution >= 4 is 0 Å². The third-order valence-corrected chi connectivity index (χ3v) is 13.7. The predicted molar refractivity (Wildman–Crippen MR) is 132 cm³/mol. The van der Waals surface area contributed by atoms with Gasteiger partial charge in [0.25, 0.3) is 0 Å². The van der Waals surface area contributed by atoms with Gasteiger partial charge in [-0.15, -0.1) is 0 Å². The maximum absolute atomic E-state index is 10.7. The monoisotopic (exact) mass is 456 g/mol. The van der Waals surface area contributed by atoms with Gasteiger partial charge in [-0.2, -0.15) is 0 Å². The molecule has 0 radical (unpaired) electrons. The minimum atomic E-state index is -0.0875. The van der Waals surface area contributed by atoms with E-state index in [1.807, 2.05) is 0 Å². The van der Waals surface area contributed by atoms with Crippen molar-refractivity contribution in [3.63, 3.8) is 0 Å². The molecule has 0 aromatic rings. The van der Waals surface area contributed by atoms with E-state index in [0.717, 1.165) is 5.92 Å². The number of ether oxygens (including phenoxy) is 1. The summed E-state index contributed by atoms with van der Waals surface area (Å²) < 4.78 is 6.21. The Kier molecular flexibility index (Phi) is 4.81. The van der Waals surface area contributed by atoms with Crippen LogP contribution in [0.1, 0.15) is 92.9 Å². The maximum atomic E-state index is 10.7. The molecule has 3 unspecified atom stereocenters. The Morgan fingerprint density at radius 1 is 0.939 bits per heavy atom. The first-order valence-corrected chi connectivity index (χ1v) is 14.1. The minimum Gasteiger partial charge on any atom is -0.396 e. The van der Waals surface area contributed by atoms with Gasteiger partial charge in [0, 0.05) is 17.4 Å². The summed E-state index contributed by atoms with van der Waals surface area (Å²) in [6, 6.07) is 0. The molecule has 0 bridgehead atoms. The van der Waals surface area contributed by atoms with E-state index in [2.05, 4.69) is 47.6 Å². The SMILES string of the molecule is C[C@H]1[C@H](C)CC[C@]2(CO)CC[C@]3(C)C(=CC[C@@H]4[C@@]5(C)CC6O[C@H]6C(C)(CO)C5CC[C@]43C)[C@H]12. The highest BCUT2D eigenvalue weighted by atomic mass is 16.6. The van der Waals surface area contributed by atoms with E-state index in [4.69, 9.17) is 4.74 Å². The van der Waals surface area contributed by atoms with Gasteiger partial charge in [0.05, 0.1) is 18.8 Å². The molecule has 4 saturated carbocycles. The molecule has 0 amide bonds. The third-order valence-electron chi connectivity index (χ3n) is 13.7.